The summed E-state index contributed by atoms with van der Waals surface area (Å²) in [6.07, 6.45) is 4.29. The number of hydrogen-bond acceptors (Lipinski definition) is 3. The van der Waals surface area contributed by atoms with E-state index < -0.39 is 0 Å². The first kappa shape index (κ1) is 17.5. The van der Waals surface area contributed by atoms with Crippen molar-refractivity contribution in [2.24, 2.45) is 0 Å². The van der Waals surface area contributed by atoms with Crippen molar-refractivity contribution in [1.82, 2.24) is 10.2 Å². The lowest BCUT2D eigenvalue weighted by molar-refractivity contribution is -0.119. The minimum atomic E-state index is 0.177. The summed E-state index contributed by atoms with van der Waals surface area (Å²) in [6, 6.07) is 7.05. The van der Waals surface area contributed by atoms with E-state index in [1.165, 1.54) is 5.56 Å². The van der Waals surface area contributed by atoms with Gasteiger partial charge in [-0.15, -0.1) is 6.58 Å². The van der Waals surface area contributed by atoms with Gasteiger partial charge in [0, 0.05) is 31.6 Å². The number of hydrogen-bond donors (Lipinski definition) is 1. The number of nitrogens with zero attached hydrogens (tertiary/aromatic N) is 1. The zero-order chi connectivity index (χ0) is 16.8. The fourth-order valence-electron chi connectivity index (χ4n) is 3.04. The number of allylic oxidation sites excluding steroid dienone is 1. The Morgan fingerprint density at radius 3 is 2.83 bits per heavy atom. The summed E-state index contributed by atoms with van der Waals surface area (Å²) in [5.74, 6) is 1.09. The highest BCUT2D eigenvalue weighted by atomic mass is 16.5. The third-order valence-corrected chi connectivity index (χ3v) is 4.36. The molecule has 126 valence electrons. The van der Waals surface area contributed by atoms with Crippen LogP contribution in [0.5, 0.6) is 5.75 Å². The summed E-state index contributed by atoms with van der Waals surface area (Å²) < 4.78 is 5.42. The van der Waals surface area contributed by atoms with E-state index in [1.807, 2.05) is 12.1 Å². The molecular formula is C19H28N2O2. The lowest BCUT2D eigenvalue weighted by Crippen LogP contribution is -2.41. The Kier molecular flexibility index (Phi) is 6.22. The SMILES string of the molecule is C=CCc1cc(CN(C[C@H]2CCC(=O)N2)C(C)C)ccc1OC. The van der Waals surface area contributed by atoms with Crippen LogP contribution in [-0.4, -0.2) is 36.5 Å². The van der Waals surface area contributed by atoms with Crippen molar-refractivity contribution in [3.63, 3.8) is 0 Å². The Hall–Kier alpha value is -1.81. The molecule has 1 atom stereocenters. The van der Waals surface area contributed by atoms with E-state index >= 15 is 0 Å². The number of carbonyl (C=O) groups excluding carboxylic acids is 1. The molecule has 1 fully saturated rings. The molecule has 0 bridgehead atoms. The van der Waals surface area contributed by atoms with Crippen LogP contribution in [-0.2, 0) is 17.8 Å². The maximum atomic E-state index is 11.4. The van der Waals surface area contributed by atoms with Crippen molar-refractivity contribution in [2.45, 2.75) is 51.7 Å². The van der Waals surface area contributed by atoms with E-state index in [2.05, 4.69) is 42.8 Å². The van der Waals surface area contributed by atoms with Crippen LogP contribution >= 0.6 is 0 Å². The Labute approximate surface area is 139 Å². The number of rotatable bonds is 8. The molecule has 4 heteroatoms. The molecule has 2 rings (SSSR count). The highest BCUT2D eigenvalue weighted by Gasteiger charge is 2.24. The van der Waals surface area contributed by atoms with Crippen LogP contribution < -0.4 is 10.1 Å². The van der Waals surface area contributed by atoms with Crippen LogP contribution in [0, 0.1) is 0 Å². The van der Waals surface area contributed by atoms with E-state index in [-0.39, 0.29) is 11.9 Å². The molecule has 0 spiro atoms. The van der Waals surface area contributed by atoms with Gasteiger partial charge < -0.3 is 10.1 Å². The maximum Gasteiger partial charge on any atom is 0.220 e. The van der Waals surface area contributed by atoms with Gasteiger partial charge in [-0.3, -0.25) is 9.69 Å². The summed E-state index contributed by atoms with van der Waals surface area (Å²) in [5, 5.41) is 3.06. The van der Waals surface area contributed by atoms with Crippen molar-refractivity contribution in [3.8, 4) is 5.75 Å². The molecule has 0 saturated carbocycles. The number of amides is 1. The highest BCUT2D eigenvalue weighted by Crippen LogP contribution is 2.22. The first-order valence-electron chi connectivity index (χ1n) is 8.33. The number of benzene rings is 1. The molecule has 0 unspecified atom stereocenters. The first-order chi connectivity index (χ1) is 11.0. The van der Waals surface area contributed by atoms with Crippen LogP contribution in [0.4, 0.5) is 0 Å². The van der Waals surface area contributed by atoms with Gasteiger partial charge in [-0.1, -0.05) is 18.2 Å². The molecule has 23 heavy (non-hydrogen) atoms. The molecule has 1 aromatic rings. The molecule has 0 aliphatic carbocycles. The van der Waals surface area contributed by atoms with Crippen LogP contribution in [0.2, 0.25) is 0 Å². The van der Waals surface area contributed by atoms with Gasteiger partial charge in [-0.25, -0.2) is 0 Å². The van der Waals surface area contributed by atoms with Crippen LogP contribution in [0.25, 0.3) is 0 Å². The summed E-state index contributed by atoms with van der Waals surface area (Å²) in [6.45, 7) is 9.99. The summed E-state index contributed by atoms with van der Waals surface area (Å²) in [5.41, 5.74) is 2.43. The molecule has 1 N–H and O–H groups in total. The quantitative estimate of drug-likeness (QED) is 0.750. The third-order valence-electron chi connectivity index (χ3n) is 4.36. The molecule has 1 saturated heterocycles. The molecule has 0 aromatic heterocycles. The fourth-order valence-corrected chi connectivity index (χ4v) is 3.04. The van der Waals surface area contributed by atoms with Gasteiger partial charge in [-0.05, 0) is 43.9 Å². The normalized spacial score (nSPS) is 17.6. The Balaban J connectivity index is 2.08. The van der Waals surface area contributed by atoms with Gasteiger partial charge in [0.15, 0.2) is 0 Å². The van der Waals surface area contributed by atoms with Gasteiger partial charge in [0.1, 0.15) is 5.75 Å². The standard InChI is InChI=1S/C19H28N2O2/c1-5-6-16-11-15(7-9-18(16)23-4)12-21(14(2)3)13-17-8-10-19(22)20-17/h5,7,9,11,14,17H,1,6,8,10,12-13H2,2-4H3,(H,20,22)/t17-/m1/s1. The topological polar surface area (TPSA) is 41.6 Å². The predicted molar refractivity (Wildman–Crippen MR) is 93.6 cm³/mol. The first-order valence-corrected chi connectivity index (χ1v) is 8.33. The lowest BCUT2D eigenvalue weighted by Gasteiger charge is -2.29. The Morgan fingerprint density at radius 2 is 2.26 bits per heavy atom. The van der Waals surface area contributed by atoms with E-state index in [1.54, 1.807) is 7.11 Å². The van der Waals surface area contributed by atoms with Crippen molar-refractivity contribution >= 4 is 5.91 Å². The fraction of sp³-hybridized carbons (Fsp3) is 0.526. The van der Waals surface area contributed by atoms with Gasteiger partial charge in [0.2, 0.25) is 5.91 Å². The minimum Gasteiger partial charge on any atom is -0.496 e. The molecule has 1 aliphatic rings. The largest absolute Gasteiger partial charge is 0.496 e. The summed E-state index contributed by atoms with van der Waals surface area (Å²) >= 11 is 0. The van der Waals surface area contributed by atoms with E-state index in [0.29, 0.717) is 12.5 Å². The second-order valence-corrected chi connectivity index (χ2v) is 6.47. The van der Waals surface area contributed by atoms with Crippen LogP contribution in [0.3, 0.4) is 0 Å². The monoisotopic (exact) mass is 316 g/mol. The third kappa shape index (κ3) is 4.83. The number of ether oxygens (including phenoxy) is 1. The van der Waals surface area contributed by atoms with Crippen molar-refractivity contribution < 1.29 is 9.53 Å². The highest BCUT2D eigenvalue weighted by molar-refractivity contribution is 5.78. The zero-order valence-electron chi connectivity index (χ0n) is 14.5. The number of methoxy groups -OCH3 is 1. The molecule has 1 aliphatic heterocycles. The smallest absolute Gasteiger partial charge is 0.220 e. The van der Waals surface area contributed by atoms with E-state index in [0.717, 1.165) is 37.2 Å². The van der Waals surface area contributed by atoms with Gasteiger partial charge in [0.05, 0.1) is 7.11 Å². The lowest BCUT2D eigenvalue weighted by atomic mass is 10.1. The van der Waals surface area contributed by atoms with Gasteiger partial charge in [-0.2, -0.15) is 0 Å². The predicted octanol–water partition coefficient (Wildman–Crippen LogP) is 2.91. The minimum absolute atomic E-state index is 0.177. The Bertz CT molecular complexity index is 554. The van der Waals surface area contributed by atoms with E-state index in [9.17, 15) is 4.79 Å². The van der Waals surface area contributed by atoms with Crippen LogP contribution in [0.1, 0.15) is 37.8 Å². The van der Waals surface area contributed by atoms with Crippen molar-refractivity contribution in [1.29, 1.82) is 0 Å². The molecule has 4 nitrogen and oxygen atoms in total. The summed E-state index contributed by atoms with van der Waals surface area (Å²) in [7, 11) is 1.70. The summed E-state index contributed by atoms with van der Waals surface area (Å²) in [4.78, 5) is 13.8. The molecule has 1 heterocycles. The second-order valence-electron chi connectivity index (χ2n) is 6.47. The maximum absolute atomic E-state index is 11.4. The molecule has 0 radical (unpaired) electrons. The number of nitrogens with one attached hydrogen (secondary N) is 1. The second kappa shape index (κ2) is 8.16. The Morgan fingerprint density at radius 1 is 1.48 bits per heavy atom. The average Bonchev–Trinajstić information content (AvgIpc) is 2.92. The van der Waals surface area contributed by atoms with Crippen LogP contribution in [0.15, 0.2) is 30.9 Å². The average molecular weight is 316 g/mol. The number of carbonyl (C=O) groups is 1. The molecule has 1 aromatic carbocycles. The van der Waals surface area contributed by atoms with Gasteiger partial charge in [0.25, 0.3) is 0 Å². The van der Waals surface area contributed by atoms with Gasteiger partial charge >= 0.3 is 0 Å². The van der Waals surface area contributed by atoms with Crippen molar-refractivity contribution in [3.05, 3.63) is 42.0 Å². The van der Waals surface area contributed by atoms with Crippen molar-refractivity contribution in [2.75, 3.05) is 13.7 Å². The molecule has 1 amide bonds. The molecular weight excluding hydrogens is 288 g/mol. The zero-order valence-corrected chi connectivity index (χ0v) is 14.5. The van der Waals surface area contributed by atoms with E-state index in [4.69, 9.17) is 4.74 Å².